The maximum absolute atomic E-state index is 12.9. The molecule has 0 saturated heterocycles. The van der Waals surface area contributed by atoms with Gasteiger partial charge in [-0.3, -0.25) is 0 Å². The van der Waals surface area contributed by atoms with E-state index in [9.17, 15) is 19.8 Å². The Balaban J connectivity index is 0.00000353. The standard InChI is InChI=1S/C29H28O9.Na/c1-3-10-35-18-6-7-19-21(12-18)27(20-8-5-17(34-2)13-23(20)36-14-25(30)31)28(29(32)33)26(19)16-4-9-22-24(11-16)38-15-37-22;/h4-9,11-13,26-28H,3,10,14-15H2,1-2H3,(H,30,31)(H,32,33);/q;+1/p-1/t26-,27?,28+;/m1./s1. The van der Waals surface area contributed by atoms with Crippen molar-refractivity contribution in [3.63, 3.8) is 0 Å². The van der Waals surface area contributed by atoms with Crippen LogP contribution in [0.3, 0.4) is 0 Å². The minimum absolute atomic E-state index is 0. The molecular weight excluding hydrogens is 515 g/mol. The fourth-order valence-electron chi connectivity index (χ4n) is 5.28. The van der Waals surface area contributed by atoms with E-state index < -0.39 is 36.3 Å². The summed E-state index contributed by atoms with van der Waals surface area (Å²) in [6.45, 7) is 2.01. The van der Waals surface area contributed by atoms with Crippen molar-refractivity contribution in [2.24, 2.45) is 5.92 Å². The van der Waals surface area contributed by atoms with Gasteiger partial charge in [0.2, 0.25) is 6.79 Å². The smallest absolute Gasteiger partial charge is 0.550 e. The fourth-order valence-corrected chi connectivity index (χ4v) is 5.28. The molecule has 0 fully saturated rings. The second-order valence-corrected chi connectivity index (χ2v) is 9.14. The molecule has 39 heavy (non-hydrogen) atoms. The zero-order valence-corrected chi connectivity index (χ0v) is 24.0. The predicted molar refractivity (Wildman–Crippen MR) is 133 cm³/mol. The first-order valence-corrected chi connectivity index (χ1v) is 12.3. The van der Waals surface area contributed by atoms with Crippen LogP contribution in [-0.2, 0) is 9.59 Å². The molecule has 0 radical (unpaired) electrons. The van der Waals surface area contributed by atoms with Crippen LogP contribution >= 0.6 is 0 Å². The van der Waals surface area contributed by atoms with Gasteiger partial charge < -0.3 is 38.7 Å². The first kappa shape index (κ1) is 28.6. The van der Waals surface area contributed by atoms with Crippen LogP contribution in [0.2, 0.25) is 0 Å². The number of ether oxygens (including phenoxy) is 5. The van der Waals surface area contributed by atoms with Crippen molar-refractivity contribution in [3.8, 4) is 28.7 Å². The first-order chi connectivity index (χ1) is 18.4. The van der Waals surface area contributed by atoms with Crippen LogP contribution in [0.15, 0.2) is 54.6 Å². The van der Waals surface area contributed by atoms with Crippen molar-refractivity contribution in [1.29, 1.82) is 0 Å². The van der Waals surface area contributed by atoms with Gasteiger partial charge in [0.05, 0.1) is 13.7 Å². The Bertz CT molecular complexity index is 1370. The second-order valence-electron chi connectivity index (χ2n) is 9.14. The van der Waals surface area contributed by atoms with Gasteiger partial charge in [0.1, 0.15) is 17.2 Å². The van der Waals surface area contributed by atoms with Gasteiger partial charge in [-0.05, 0) is 53.4 Å². The molecule has 0 spiro atoms. The maximum Gasteiger partial charge on any atom is 1.00 e. The normalized spacial score (nSPS) is 18.6. The summed E-state index contributed by atoms with van der Waals surface area (Å²) in [6, 6.07) is 15.9. The summed E-state index contributed by atoms with van der Waals surface area (Å²) in [5.41, 5.74) is 2.78. The van der Waals surface area contributed by atoms with Gasteiger partial charge in [0.15, 0.2) is 18.1 Å². The van der Waals surface area contributed by atoms with E-state index in [4.69, 9.17) is 23.7 Å². The fraction of sp³-hybridized carbons (Fsp3) is 0.310. The summed E-state index contributed by atoms with van der Waals surface area (Å²) in [5, 5.41) is 22.1. The number of hydrogen-bond donors (Lipinski definition) is 1. The van der Waals surface area contributed by atoms with E-state index in [0.29, 0.717) is 35.2 Å². The van der Waals surface area contributed by atoms with Crippen LogP contribution in [0.1, 0.15) is 47.4 Å². The molecule has 1 heterocycles. The van der Waals surface area contributed by atoms with E-state index in [1.807, 2.05) is 31.2 Å². The van der Waals surface area contributed by atoms with E-state index >= 15 is 0 Å². The summed E-state index contributed by atoms with van der Waals surface area (Å²) in [7, 11) is 1.48. The summed E-state index contributed by atoms with van der Waals surface area (Å²) in [4.78, 5) is 24.2. The van der Waals surface area contributed by atoms with Crippen LogP contribution in [0, 0.1) is 5.92 Å². The Kier molecular flexibility index (Phi) is 8.94. The molecule has 0 saturated carbocycles. The van der Waals surface area contributed by atoms with E-state index in [2.05, 4.69) is 0 Å². The monoisotopic (exact) mass is 542 g/mol. The van der Waals surface area contributed by atoms with Crippen molar-refractivity contribution in [2.45, 2.75) is 25.2 Å². The molecule has 0 amide bonds. The van der Waals surface area contributed by atoms with Gasteiger partial charge in [0, 0.05) is 35.4 Å². The molecule has 2 aliphatic rings. The minimum Gasteiger partial charge on any atom is -0.550 e. The number of benzene rings is 3. The number of carbonyl (C=O) groups excluding carboxylic acids is 1. The summed E-state index contributed by atoms with van der Waals surface area (Å²) < 4.78 is 27.8. The molecule has 3 aromatic carbocycles. The molecule has 9 nitrogen and oxygen atoms in total. The van der Waals surface area contributed by atoms with Crippen molar-refractivity contribution in [1.82, 2.24) is 0 Å². The van der Waals surface area contributed by atoms with Gasteiger partial charge in [-0.2, -0.15) is 0 Å². The van der Waals surface area contributed by atoms with Crippen molar-refractivity contribution < 1.29 is 73.0 Å². The number of aliphatic carboxylic acids is 2. The molecule has 10 heteroatoms. The average molecular weight is 543 g/mol. The van der Waals surface area contributed by atoms with Crippen LogP contribution in [0.5, 0.6) is 28.7 Å². The van der Waals surface area contributed by atoms with Gasteiger partial charge >= 0.3 is 35.5 Å². The third kappa shape index (κ3) is 5.66. The number of carbonyl (C=O) groups is 2. The van der Waals surface area contributed by atoms with E-state index in [-0.39, 0.29) is 42.1 Å². The summed E-state index contributed by atoms with van der Waals surface area (Å²) in [5.74, 6) is -2.31. The summed E-state index contributed by atoms with van der Waals surface area (Å²) in [6.07, 6.45) is 0.813. The minimum atomic E-state index is -1.25. The number of rotatable bonds is 10. The molecule has 0 bridgehead atoms. The van der Waals surface area contributed by atoms with Crippen molar-refractivity contribution in [2.75, 3.05) is 27.1 Å². The number of carboxylic acids is 2. The largest absolute Gasteiger partial charge is 1.00 e. The van der Waals surface area contributed by atoms with Gasteiger partial charge in [-0.15, -0.1) is 0 Å². The third-order valence-corrected chi connectivity index (χ3v) is 6.85. The Morgan fingerprint density at radius 1 is 0.923 bits per heavy atom. The quantitative estimate of drug-likeness (QED) is 0.361. The number of carboxylic acid groups (broad SMARTS) is 2. The first-order valence-electron chi connectivity index (χ1n) is 12.3. The SMILES string of the molecule is CCCOc1ccc2c(c1)C(c1ccc(OC)cc1OCC(=O)O)[C@@H](C(=O)[O-])[C@@H]2c1ccc2c(c1)OCO2.[Na+]. The van der Waals surface area contributed by atoms with Crippen LogP contribution in [-0.4, -0.2) is 44.2 Å². The molecule has 1 aliphatic heterocycles. The Morgan fingerprint density at radius 2 is 1.67 bits per heavy atom. The second kappa shape index (κ2) is 12.2. The zero-order chi connectivity index (χ0) is 26.8. The van der Waals surface area contributed by atoms with Crippen molar-refractivity contribution >= 4 is 11.9 Å². The van der Waals surface area contributed by atoms with E-state index in [1.165, 1.54) is 7.11 Å². The molecule has 5 rings (SSSR count). The molecule has 1 unspecified atom stereocenters. The topological polar surface area (TPSA) is 124 Å². The average Bonchev–Trinajstić information content (AvgIpc) is 3.52. The summed E-state index contributed by atoms with van der Waals surface area (Å²) >= 11 is 0. The molecule has 1 aliphatic carbocycles. The maximum atomic E-state index is 12.9. The number of fused-ring (bicyclic) bond motifs is 2. The molecule has 3 atom stereocenters. The molecule has 1 N–H and O–H groups in total. The molecular formula is C29H27NaO9. The van der Waals surface area contributed by atoms with Crippen LogP contribution < -0.4 is 58.3 Å². The van der Waals surface area contributed by atoms with Gasteiger partial charge in [0.25, 0.3) is 0 Å². The van der Waals surface area contributed by atoms with Gasteiger partial charge in [-0.25, -0.2) is 4.79 Å². The molecule has 198 valence electrons. The molecule has 0 aromatic heterocycles. The molecule has 3 aromatic rings. The van der Waals surface area contributed by atoms with Crippen molar-refractivity contribution in [3.05, 3.63) is 76.9 Å². The number of methoxy groups -OCH3 is 1. The van der Waals surface area contributed by atoms with E-state index in [1.54, 1.807) is 30.3 Å². The number of hydrogen-bond acceptors (Lipinski definition) is 8. The van der Waals surface area contributed by atoms with Gasteiger partial charge in [-0.1, -0.05) is 25.1 Å². The Morgan fingerprint density at radius 3 is 2.38 bits per heavy atom. The van der Waals surface area contributed by atoms with E-state index in [0.717, 1.165) is 23.1 Å². The van der Waals surface area contributed by atoms with Crippen LogP contribution in [0.25, 0.3) is 0 Å². The predicted octanol–water partition coefficient (Wildman–Crippen LogP) is 0.324. The van der Waals surface area contributed by atoms with Crippen LogP contribution in [0.4, 0.5) is 0 Å². The third-order valence-electron chi connectivity index (χ3n) is 6.85. The Hall–Kier alpha value is -3.40. The Labute approximate surface area is 247 Å². The zero-order valence-electron chi connectivity index (χ0n) is 22.0.